The van der Waals surface area contributed by atoms with Gasteiger partial charge in [-0.05, 0) is 31.8 Å². The molecule has 0 rings (SSSR count). The standard InChI is InChI=1S/C8H19N.ClH/c1-8(2,3)6-5-7-9-4;/h9H,5-7H2,1-4H3;1H. The molecular formula is C8H20ClN. The highest BCUT2D eigenvalue weighted by molar-refractivity contribution is 5.85. The van der Waals surface area contributed by atoms with Crippen molar-refractivity contribution >= 4 is 12.4 Å². The molecule has 0 aromatic heterocycles. The lowest BCUT2D eigenvalue weighted by molar-refractivity contribution is 0.363. The van der Waals surface area contributed by atoms with Crippen molar-refractivity contribution in [1.82, 2.24) is 5.32 Å². The Labute approximate surface area is 71.0 Å². The first kappa shape index (κ1) is 12.9. The van der Waals surface area contributed by atoms with Gasteiger partial charge in [0.05, 0.1) is 0 Å². The largest absolute Gasteiger partial charge is 0.320 e. The molecule has 0 amide bonds. The van der Waals surface area contributed by atoms with E-state index in [1.165, 1.54) is 12.8 Å². The third-order valence-electron chi connectivity index (χ3n) is 1.35. The highest BCUT2D eigenvalue weighted by atomic mass is 35.5. The van der Waals surface area contributed by atoms with Crippen LogP contribution in [0.3, 0.4) is 0 Å². The Morgan fingerprint density at radius 1 is 1.20 bits per heavy atom. The van der Waals surface area contributed by atoms with Crippen molar-refractivity contribution in [3.63, 3.8) is 0 Å². The van der Waals surface area contributed by atoms with Gasteiger partial charge in [0.2, 0.25) is 0 Å². The minimum Gasteiger partial charge on any atom is -0.320 e. The number of halogens is 1. The SMILES string of the molecule is CNCCCC(C)(C)C.Cl. The third kappa shape index (κ3) is 11.1. The second kappa shape index (κ2) is 5.99. The fraction of sp³-hybridized carbons (Fsp3) is 1.00. The van der Waals surface area contributed by atoms with E-state index in [0.29, 0.717) is 5.41 Å². The number of hydrogen-bond donors (Lipinski definition) is 1. The van der Waals surface area contributed by atoms with Crippen LogP contribution in [0.4, 0.5) is 0 Å². The van der Waals surface area contributed by atoms with E-state index in [9.17, 15) is 0 Å². The molecule has 0 spiro atoms. The minimum absolute atomic E-state index is 0. The molecule has 0 unspecified atom stereocenters. The maximum atomic E-state index is 3.14. The summed E-state index contributed by atoms with van der Waals surface area (Å²) in [4.78, 5) is 0. The Morgan fingerprint density at radius 2 is 1.70 bits per heavy atom. The third-order valence-corrected chi connectivity index (χ3v) is 1.35. The summed E-state index contributed by atoms with van der Waals surface area (Å²) in [5.41, 5.74) is 0.511. The molecule has 0 bridgehead atoms. The van der Waals surface area contributed by atoms with E-state index in [1.807, 2.05) is 7.05 Å². The van der Waals surface area contributed by atoms with Gasteiger partial charge in [0.25, 0.3) is 0 Å². The summed E-state index contributed by atoms with van der Waals surface area (Å²) >= 11 is 0. The summed E-state index contributed by atoms with van der Waals surface area (Å²) in [6, 6.07) is 0. The van der Waals surface area contributed by atoms with E-state index in [2.05, 4.69) is 26.1 Å². The topological polar surface area (TPSA) is 12.0 Å². The van der Waals surface area contributed by atoms with Gasteiger partial charge in [-0.1, -0.05) is 20.8 Å². The Hall–Kier alpha value is 0.250. The van der Waals surface area contributed by atoms with Crippen LogP contribution in [0.5, 0.6) is 0 Å². The molecule has 0 aliphatic carbocycles. The average molecular weight is 166 g/mol. The van der Waals surface area contributed by atoms with Crippen LogP contribution in [0, 0.1) is 5.41 Å². The molecule has 0 aliphatic rings. The van der Waals surface area contributed by atoms with Crippen molar-refractivity contribution < 1.29 is 0 Å². The minimum atomic E-state index is 0. The lowest BCUT2D eigenvalue weighted by Gasteiger charge is -2.17. The molecule has 2 heteroatoms. The van der Waals surface area contributed by atoms with E-state index in [4.69, 9.17) is 0 Å². The molecule has 1 N–H and O–H groups in total. The maximum absolute atomic E-state index is 3.14. The zero-order chi connectivity index (χ0) is 7.33. The van der Waals surface area contributed by atoms with Crippen LogP contribution in [0.1, 0.15) is 33.6 Å². The predicted molar refractivity (Wildman–Crippen MR) is 49.9 cm³/mol. The summed E-state index contributed by atoms with van der Waals surface area (Å²) in [7, 11) is 2.00. The highest BCUT2D eigenvalue weighted by Gasteiger charge is 2.07. The molecule has 0 radical (unpaired) electrons. The van der Waals surface area contributed by atoms with Crippen LogP contribution in [-0.4, -0.2) is 13.6 Å². The van der Waals surface area contributed by atoms with Crippen LogP contribution in [-0.2, 0) is 0 Å². The smallest absolute Gasteiger partial charge is 0.00517 e. The Balaban J connectivity index is 0. The van der Waals surface area contributed by atoms with Gasteiger partial charge in [-0.15, -0.1) is 12.4 Å². The van der Waals surface area contributed by atoms with Gasteiger partial charge in [-0.25, -0.2) is 0 Å². The molecular weight excluding hydrogens is 146 g/mol. The fourth-order valence-corrected chi connectivity index (χ4v) is 0.795. The molecule has 10 heavy (non-hydrogen) atoms. The molecule has 0 fully saturated rings. The van der Waals surface area contributed by atoms with Gasteiger partial charge >= 0.3 is 0 Å². The van der Waals surface area contributed by atoms with Gasteiger partial charge in [-0.3, -0.25) is 0 Å². The Kier molecular flexibility index (Phi) is 7.72. The molecule has 0 saturated heterocycles. The molecule has 0 atom stereocenters. The second-order valence-electron chi connectivity index (χ2n) is 3.77. The Morgan fingerprint density at radius 3 is 2.00 bits per heavy atom. The zero-order valence-electron chi connectivity index (χ0n) is 7.53. The van der Waals surface area contributed by atoms with Crippen LogP contribution in [0.15, 0.2) is 0 Å². The molecule has 64 valence electrons. The van der Waals surface area contributed by atoms with Crippen molar-refractivity contribution in [3.05, 3.63) is 0 Å². The van der Waals surface area contributed by atoms with Crippen LogP contribution < -0.4 is 5.32 Å². The first-order valence-electron chi connectivity index (χ1n) is 3.71. The summed E-state index contributed by atoms with van der Waals surface area (Å²) < 4.78 is 0. The summed E-state index contributed by atoms with van der Waals surface area (Å²) in [5, 5.41) is 3.14. The Bertz CT molecular complexity index is 66.1. The van der Waals surface area contributed by atoms with Crippen molar-refractivity contribution in [1.29, 1.82) is 0 Å². The van der Waals surface area contributed by atoms with Gasteiger partial charge in [0, 0.05) is 0 Å². The molecule has 0 saturated carbocycles. The first-order valence-corrected chi connectivity index (χ1v) is 3.71. The second-order valence-corrected chi connectivity index (χ2v) is 3.77. The maximum Gasteiger partial charge on any atom is -0.00517 e. The monoisotopic (exact) mass is 165 g/mol. The predicted octanol–water partition coefficient (Wildman–Crippen LogP) is 2.45. The van der Waals surface area contributed by atoms with Crippen molar-refractivity contribution in [2.45, 2.75) is 33.6 Å². The summed E-state index contributed by atoms with van der Waals surface area (Å²) in [6.07, 6.45) is 2.60. The molecule has 0 aliphatic heterocycles. The van der Waals surface area contributed by atoms with Gasteiger partial charge in [0.15, 0.2) is 0 Å². The van der Waals surface area contributed by atoms with Crippen LogP contribution in [0.2, 0.25) is 0 Å². The highest BCUT2D eigenvalue weighted by Crippen LogP contribution is 2.19. The normalized spacial score (nSPS) is 10.8. The van der Waals surface area contributed by atoms with Crippen LogP contribution in [0.25, 0.3) is 0 Å². The zero-order valence-corrected chi connectivity index (χ0v) is 8.35. The van der Waals surface area contributed by atoms with Crippen molar-refractivity contribution in [2.75, 3.05) is 13.6 Å². The van der Waals surface area contributed by atoms with Crippen molar-refractivity contribution in [2.24, 2.45) is 5.41 Å². The lowest BCUT2D eigenvalue weighted by Crippen LogP contribution is -2.12. The molecule has 0 aromatic rings. The fourth-order valence-electron chi connectivity index (χ4n) is 0.795. The van der Waals surface area contributed by atoms with E-state index in [1.54, 1.807) is 0 Å². The molecule has 0 heterocycles. The first-order chi connectivity index (χ1) is 4.06. The summed E-state index contributed by atoms with van der Waals surface area (Å²) in [5.74, 6) is 0. The van der Waals surface area contributed by atoms with Gasteiger partial charge < -0.3 is 5.32 Å². The summed E-state index contributed by atoms with van der Waals surface area (Å²) in [6.45, 7) is 7.99. The van der Waals surface area contributed by atoms with Gasteiger partial charge in [0.1, 0.15) is 0 Å². The number of nitrogens with one attached hydrogen (secondary N) is 1. The van der Waals surface area contributed by atoms with E-state index < -0.39 is 0 Å². The van der Waals surface area contributed by atoms with Crippen LogP contribution >= 0.6 is 12.4 Å². The quantitative estimate of drug-likeness (QED) is 0.634. The average Bonchev–Trinajstić information content (AvgIpc) is 1.63. The number of hydrogen-bond acceptors (Lipinski definition) is 1. The van der Waals surface area contributed by atoms with Gasteiger partial charge in [-0.2, -0.15) is 0 Å². The molecule has 1 nitrogen and oxygen atoms in total. The lowest BCUT2D eigenvalue weighted by atomic mass is 9.91. The van der Waals surface area contributed by atoms with E-state index in [-0.39, 0.29) is 12.4 Å². The van der Waals surface area contributed by atoms with E-state index in [0.717, 1.165) is 6.54 Å². The van der Waals surface area contributed by atoms with Crippen molar-refractivity contribution in [3.8, 4) is 0 Å². The molecule has 0 aromatic carbocycles. The number of rotatable bonds is 3. The van der Waals surface area contributed by atoms with E-state index >= 15 is 0 Å².